The molecule has 1 heterocycles. The average molecular weight is 292 g/mol. The first-order valence-corrected chi connectivity index (χ1v) is 6.81. The minimum Gasteiger partial charge on any atom is -0.409 e. The maximum atomic E-state index is 12.0. The highest BCUT2D eigenvalue weighted by atomic mass is 16.5. The van der Waals surface area contributed by atoms with Crippen LogP contribution in [0.25, 0.3) is 0 Å². The van der Waals surface area contributed by atoms with Crippen LogP contribution in [0.3, 0.4) is 0 Å². The lowest BCUT2D eigenvalue weighted by Crippen LogP contribution is -2.31. The summed E-state index contributed by atoms with van der Waals surface area (Å²) in [5, 5.41) is 14.4. The van der Waals surface area contributed by atoms with Crippen LogP contribution >= 0.6 is 0 Å². The van der Waals surface area contributed by atoms with Crippen molar-refractivity contribution in [1.29, 1.82) is 0 Å². The van der Waals surface area contributed by atoms with Gasteiger partial charge >= 0.3 is 0 Å². The molecule has 0 aliphatic heterocycles. The monoisotopic (exact) mass is 292 g/mol. The standard InChI is InChI=1S/C14H20N4O3/c1-21-7-6-14(4-5-14)9-17-13(19)11-3-2-10(8-16-11)12(15)18-20/h2-3,8,20H,4-7,9H2,1H3,(H2,15,18)(H,17,19). The second-order valence-corrected chi connectivity index (χ2v) is 5.34. The topological polar surface area (TPSA) is 110 Å². The molecule has 0 atom stereocenters. The minimum atomic E-state index is -0.218. The molecule has 1 amide bonds. The minimum absolute atomic E-state index is 0.0362. The molecule has 7 heteroatoms. The quantitative estimate of drug-likeness (QED) is 0.297. The molecular formula is C14H20N4O3. The third-order valence-corrected chi connectivity index (χ3v) is 3.82. The molecule has 0 saturated heterocycles. The van der Waals surface area contributed by atoms with Crippen LogP contribution in [0.2, 0.25) is 0 Å². The molecule has 1 aromatic heterocycles. The first kappa shape index (κ1) is 15.2. The molecule has 1 saturated carbocycles. The predicted molar refractivity (Wildman–Crippen MR) is 77.2 cm³/mol. The zero-order valence-electron chi connectivity index (χ0n) is 12.0. The summed E-state index contributed by atoms with van der Waals surface area (Å²) in [6, 6.07) is 3.15. The van der Waals surface area contributed by atoms with Crippen molar-refractivity contribution < 1.29 is 14.7 Å². The summed E-state index contributed by atoms with van der Waals surface area (Å²) < 4.78 is 5.09. The van der Waals surface area contributed by atoms with E-state index in [1.54, 1.807) is 19.2 Å². The number of hydrogen-bond acceptors (Lipinski definition) is 5. The van der Waals surface area contributed by atoms with Gasteiger partial charge in [0.1, 0.15) is 5.69 Å². The lowest BCUT2D eigenvalue weighted by molar-refractivity contribution is 0.0933. The van der Waals surface area contributed by atoms with Gasteiger partial charge in [0.2, 0.25) is 0 Å². The van der Waals surface area contributed by atoms with Crippen LogP contribution in [0.5, 0.6) is 0 Å². The van der Waals surface area contributed by atoms with Crippen LogP contribution in [0, 0.1) is 5.41 Å². The van der Waals surface area contributed by atoms with Crippen molar-refractivity contribution in [2.45, 2.75) is 19.3 Å². The molecule has 0 spiro atoms. The lowest BCUT2D eigenvalue weighted by atomic mass is 10.0. The van der Waals surface area contributed by atoms with E-state index < -0.39 is 0 Å². The van der Waals surface area contributed by atoms with Gasteiger partial charge in [0.05, 0.1) is 0 Å². The number of amidine groups is 1. The van der Waals surface area contributed by atoms with Crippen LogP contribution in [-0.2, 0) is 4.74 Å². The number of carbonyl (C=O) groups excluding carboxylic acids is 1. The smallest absolute Gasteiger partial charge is 0.269 e. The van der Waals surface area contributed by atoms with E-state index in [0.717, 1.165) is 19.3 Å². The molecule has 1 fully saturated rings. The molecule has 0 unspecified atom stereocenters. The molecule has 1 aromatic rings. The number of aromatic nitrogens is 1. The van der Waals surface area contributed by atoms with E-state index in [1.807, 2.05) is 0 Å². The second-order valence-electron chi connectivity index (χ2n) is 5.34. The van der Waals surface area contributed by atoms with Crippen LogP contribution in [0.1, 0.15) is 35.3 Å². The number of ether oxygens (including phenoxy) is 1. The number of hydrogen-bond donors (Lipinski definition) is 3. The van der Waals surface area contributed by atoms with Crippen molar-refractivity contribution in [2.75, 3.05) is 20.3 Å². The summed E-state index contributed by atoms with van der Waals surface area (Å²) in [7, 11) is 1.68. The lowest BCUT2D eigenvalue weighted by Gasteiger charge is -2.15. The van der Waals surface area contributed by atoms with Crippen LogP contribution in [0.15, 0.2) is 23.5 Å². The third kappa shape index (κ3) is 3.91. The van der Waals surface area contributed by atoms with Crippen LogP contribution < -0.4 is 11.1 Å². The molecule has 0 aromatic carbocycles. The Morgan fingerprint density at radius 3 is 2.86 bits per heavy atom. The molecule has 114 valence electrons. The molecule has 4 N–H and O–H groups in total. The Bertz CT molecular complexity index is 524. The molecule has 1 aliphatic carbocycles. The zero-order valence-corrected chi connectivity index (χ0v) is 12.0. The fraction of sp³-hybridized carbons (Fsp3) is 0.500. The van der Waals surface area contributed by atoms with Crippen LogP contribution in [-0.4, -0.2) is 42.2 Å². The van der Waals surface area contributed by atoms with Gasteiger partial charge in [-0.05, 0) is 36.8 Å². The maximum Gasteiger partial charge on any atom is 0.269 e. The number of pyridine rings is 1. The van der Waals surface area contributed by atoms with E-state index in [0.29, 0.717) is 24.4 Å². The van der Waals surface area contributed by atoms with E-state index in [1.165, 1.54) is 6.20 Å². The SMILES string of the molecule is COCCC1(CNC(=O)c2ccc(/C(N)=N/O)cn2)CC1. The predicted octanol–water partition coefficient (Wildman–Crippen LogP) is 0.723. The van der Waals surface area contributed by atoms with Crippen molar-refractivity contribution in [1.82, 2.24) is 10.3 Å². The Morgan fingerprint density at radius 2 is 2.33 bits per heavy atom. The fourth-order valence-electron chi connectivity index (χ4n) is 2.11. The number of nitrogens with one attached hydrogen (secondary N) is 1. The fourth-order valence-corrected chi connectivity index (χ4v) is 2.11. The van der Waals surface area contributed by atoms with Gasteiger partial charge in [0, 0.05) is 32.0 Å². The summed E-state index contributed by atoms with van der Waals surface area (Å²) >= 11 is 0. The van der Waals surface area contributed by atoms with Gasteiger partial charge in [0.15, 0.2) is 5.84 Å². The van der Waals surface area contributed by atoms with Crippen molar-refractivity contribution in [3.8, 4) is 0 Å². The number of carbonyl (C=O) groups is 1. The number of nitrogens with zero attached hydrogens (tertiary/aromatic N) is 2. The van der Waals surface area contributed by atoms with E-state index in [9.17, 15) is 4.79 Å². The molecule has 1 aliphatic rings. The van der Waals surface area contributed by atoms with Gasteiger partial charge in [-0.1, -0.05) is 5.16 Å². The molecule has 21 heavy (non-hydrogen) atoms. The normalized spacial score (nSPS) is 16.5. The molecule has 7 nitrogen and oxygen atoms in total. The van der Waals surface area contributed by atoms with Gasteiger partial charge in [-0.25, -0.2) is 0 Å². The largest absolute Gasteiger partial charge is 0.409 e. The first-order chi connectivity index (χ1) is 10.1. The van der Waals surface area contributed by atoms with Gasteiger partial charge in [-0.2, -0.15) is 0 Å². The molecule has 2 rings (SSSR count). The highest BCUT2D eigenvalue weighted by molar-refractivity contribution is 5.98. The van der Waals surface area contributed by atoms with Gasteiger partial charge in [-0.15, -0.1) is 0 Å². The van der Waals surface area contributed by atoms with E-state index in [4.69, 9.17) is 15.7 Å². The Hall–Kier alpha value is -2.15. The number of nitrogens with two attached hydrogens (primary N) is 1. The Labute approximate surface area is 123 Å². The van der Waals surface area contributed by atoms with Crippen molar-refractivity contribution in [2.24, 2.45) is 16.3 Å². The number of oxime groups is 1. The summed E-state index contributed by atoms with van der Waals surface area (Å²) in [6.45, 7) is 1.35. The summed E-state index contributed by atoms with van der Waals surface area (Å²) in [4.78, 5) is 16.1. The highest BCUT2D eigenvalue weighted by Gasteiger charge is 2.42. The second kappa shape index (κ2) is 6.53. The molecule has 0 bridgehead atoms. The Morgan fingerprint density at radius 1 is 1.57 bits per heavy atom. The summed E-state index contributed by atoms with van der Waals surface area (Å²) in [5.41, 5.74) is 6.41. The third-order valence-electron chi connectivity index (χ3n) is 3.82. The van der Waals surface area contributed by atoms with E-state index >= 15 is 0 Å². The van der Waals surface area contributed by atoms with Crippen LogP contribution in [0.4, 0.5) is 0 Å². The van der Waals surface area contributed by atoms with Crippen molar-refractivity contribution in [3.05, 3.63) is 29.6 Å². The summed E-state index contributed by atoms with van der Waals surface area (Å²) in [6.07, 6.45) is 4.60. The molecular weight excluding hydrogens is 272 g/mol. The number of rotatable bonds is 7. The van der Waals surface area contributed by atoms with Gasteiger partial charge in [-0.3, -0.25) is 9.78 Å². The Balaban J connectivity index is 1.89. The number of methoxy groups -OCH3 is 1. The van der Waals surface area contributed by atoms with E-state index in [-0.39, 0.29) is 17.2 Å². The van der Waals surface area contributed by atoms with Gasteiger partial charge < -0.3 is 21.0 Å². The molecule has 0 radical (unpaired) electrons. The number of amides is 1. The van der Waals surface area contributed by atoms with Crippen molar-refractivity contribution >= 4 is 11.7 Å². The maximum absolute atomic E-state index is 12.0. The Kier molecular flexibility index (Phi) is 4.74. The summed E-state index contributed by atoms with van der Waals surface area (Å²) in [5.74, 6) is -0.254. The average Bonchev–Trinajstić information content (AvgIpc) is 3.30. The zero-order chi connectivity index (χ0) is 15.3. The van der Waals surface area contributed by atoms with Gasteiger partial charge in [0.25, 0.3) is 5.91 Å². The first-order valence-electron chi connectivity index (χ1n) is 6.81. The highest BCUT2D eigenvalue weighted by Crippen LogP contribution is 2.48. The van der Waals surface area contributed by atoms with E-state index in [2.05, 4.69) is 15.5 Å². The van der Waals surface area contributed by atoms with Crippen molar-refractivity contribution in [3.63, 3.8) is 0 Å².